The number of pyridine rings is 1. The largest absolute Gasteiger partial charge is 0.488 e. The van der Waals surface area contributed by atoms with Gasteiger partial charge >= 0.3 is 5.97 Å². The number of piperidine rings is 1. The van der Waals surface area contributed by atoms with Gasteiger partial charge in [0, 0.05) is 36.1 Å². The number of hydrogen-bond acceptors (Lipinski definition) is 6. The minimum Gasteiger partial charge on any atom is -0.488 e. The molecule has 3 aromatic carbocycles. The van der Waals surface area contributed by atoms with E-state index in [1.54, 1.807) is 24.4 Å². The molecule has 1 aliphatic rings. The molecule has 0 aliphatic carbocycles. The summed E-state index contributed by atoms with van der Waals surface area (Å²) in [6.07, 6.45) is 5.58. The number of rotatable bonds is 10. The maximum absolute atomic E-state index is 12.0. The van der Waals surface area contributed by atoms with Crippen molar-refractivity contribution in [2.24, 2.45) is 0 Å². The first-order valence-electron chi connectivity index (χ1n) is 14.4. The van der Waals surface area contributed by atoms with Crippen molar-refractivity contribution in [1.82, 2.24) is 9.88 Å². The highest BCUT2D eigenvalue weighted by molar-refractivity contribution is 6.32. The molecular formula is C35H34ClN3O4. The second kappa shape index (κ2) is 13.7. The molecule has 2 heterocycles. The van der Waals surface area contributed by atoms with Gasteiger partial charge in [-0.1, -0.05) is 60.5 Å². The normalized spacial score (nSPS) is 15.1. The smallest absolute Gasteiger partial charge is 0.320 e. The second-order valence-corrected chi connectivity index (χ2v) is 11.3. The lowest BCUT2D eigenvalue weighted by molar-refractivity contribution is -0.144. The number of nitrogens with zero attached hydrogens (tertiary/aromatic N) is 3. The van der Waals surface area contributed by atoms with Crippen LogP contribution in [0.4, 0.5) is 0 Å². The summed E-state index contributed by atoms with van der Waals surface area (Å²) in [6.45, 7) is 5.75. The molecule has 1 fully saturated rings. The number of likely N-dealkylation sites (tertiary alicyclic amines) is 1. The standard InChI is InChI=1S/C35H34ClN3O4/c1-23-8-3-4-10-29(23)30-11-7-9-27(24(30)2)22-43-34-16-33(42-21-26-14-25(17-37)18-38-19-26)28(15-31(34)36)20-39-13-6-5-12-32(39)35(40)41/h3-4,7-11,14-16,18-19,32H,5-6,12-13,20-22H2,1-2H3,(H,40,41). The molecule has 0 bridgehead atoms. The van der Waals surface area contributed by atoms with Crippen molar-refractivity contribution in [3.05, 3.63) is 111 Å². The molecule has 5 rings (SSSR count). The first kappa shape index (κ1) is 30.1. The molecule has 0 saturated carbocycles. The van der Waals surface area contributed by atoms with Crippen LogP contribution in [-0.4, -0.2) is 33.5 Å². The Hall–Kier alpha value is -4.38. The highest BCUT2D eigenvalue weighted by Crippen LogP contribution is 2.36. The summed E-state index contributed by atoms with van der Waals surface area (Å²) >= 11 is 6.77. The monoisotopic (exact) mass is 595 g/mol. The predicted octanol–water partition coefficient (Wildman–Crippen LogP) is 7.49. The van der Waals surface area contributed by atoms with Crippen molar-refractivity contribution in [1.29, 1.82) is 5.26 Å². The lowest BCUT2D eigenvalue weighted by Crippen LogP contribution is -2.44. The number of carboxylic acids is 1. The summed E-state index contributed by atoms with van der Waals surface area (Å²) < 4.78 is 12.5. The molecule has 1 aromatic heterocycles. The zero-order valence-electron chi connectivity index (χ0n) is 24.3. The van der Waals surface area contributed by atoms with E-state index in [0.29, 0.717) is 48.2 Å². The van der Waals surface area contributed by atoms with Crippen molar-refractivity contribution < 1.29 is 19.4 Å². The second-order valence-electron chi connectivity index (χ2n) is 10.9. The predicted molar refractivity (Wildman–Crippen MR) is 166 cm³/mol. The van der Waals surface area contributed by atoms with Crippen molar-refractivity contribution >= 4 is 17.6 Å². The molecule has 8 heteroatoms. The minimum atomic E-state index is -0.823. The van der Waals surface area contributed by atoms with Crippen LogP contribution in [0.3, 0.4) is 0 Å². The molecule has 0 spiro atoms. The number of aliphatic carboxylic acids is 1. The van der Waals surface area contributed by atoms with Gasteiger partial charge in [-0.25, -0.2) is 0 Å². The van der Waals surface area contributed by atoms with Gasteiger partial charge in [0.1, 0.15) is 36.8 Å². The van der Waals surface area contributed by atoms with E-state index in [2.05, 4.69) is 43.1 Å². The Morgan fingerprint density at radius 3 is 2.58 bits per heavy atom. The molecule has 7 nitrogen and oxygen atoms in total. The number of benzene rings is 3. The quantitative estimate of drug-likeness (QED) is 0.203. The Balaban J connectivity index is 1.42. The number of halogens is 1. The van der Waals surface area contributed by atoms with Gasteiger partial charge in [-0.15, -0.1) is 0 Å². The van der Waals surface area contributed by atoms with Crippen molar-refractivity contribution in [2.75, 3.05) is 6.54 Å². The van der Waals surface area contributed by atoms with Crippen LogP contribution in [0.25, 0.3) is 11.1 Å². The zero-order chi connectivity index (χ0) is 30.3. The van der Waals surface area contributed by atoms with Crippen LogP contribution in [0, 0.1) is 25.2 Å². The van der Waals surface area contributed by atoms with Crippen molar-refractivity contribution in [3.8, 4) is 28.7 Å². The Kier molecular flexibility index (Phi) is 9.61. The van der Waals surface area contributed by atoms with Crippen molar-refractivity contribution in [2.45, 2.75) is 58.9 Å². The minimum absolute atomic E-state index is 0.177. The Morgan fingerprint density at radius 2 is 1.79 bits per heavy atom. The third kappa shape index (κ3) is 7.16. The summed E-state index contributed by atoms with van der Waals surface area (Å²) in [4.78, 5) is 18.1. The molecule has 1 atom stereocenters. The van der Waals surface area contributed by atoms with E-state index in [9.17, 15) is 15.2 Å². The van der Waals surface area contributed by atoms with Crippen LogP contribution in [0.1, 0.15) is 52.6 Å². The summed E-state index contributed by atoms with van der Waals surface area (Å²) in [5.74, 6) is 0.191. The number of aromatic nitrogens is 1. The maximum Gasteiger partial charge on any atom is 0.320 e. The number of carboxylic acid groups (broad SMARTS) is 1. The van der Waals surface area contributed by atoms with Gasteiger partial charge in [0.25, 0.3) is 0 Å². The lowest BCUT2D eigenvalue weighted by atomic mass is 9.94. The topological polar surface area (TPSA) is 95.7 Å². The number of ether oxygens (including phenoxy) is 2. The molecule has 0 radical (unpaired) electrons. The van der Waals surface area contributed by atoms with Gasteiger partial charge in [0.15, 0.2) is 0 Å². The summed E-state index contributed by atoms with van der Waals surface area (Å²) in [6, 6.07) is 21.4. The van der Waals surface area contributed by atoms with E-state index in [1.807, 2.05) is 29.2 Å². The summed E-state index contributed by atoms with van der Waals surface area (Å²) in [5, 5.41) is 19.5. The van der Waals surface area contributed by atoms with Gasteiger partial charge in [-0.3, -0.25) is 14.7 Å². The number of nitriles is 1. The van der Waals surface area contributed by atoms with E-state index in [1.165, 1.54) is 17.3 Å². The molecule has 4 aromatic rings. The van der Waals surface area contributed by atoms with E-state index >= 15 is 0 Å². The number of carbonyl (C=O) groups is 1. The van der Waals surface area contributed by atoms with E-state index in [-0.39, 0.29) is 6.61 Å². The first-order chi connectivity index (χ1) is 20.8. The van der Waals surface area contributed by atoms with Crippen LogP contribution in [0.15, 0.2) is 73.1 Å². The van der Waals surface area contributed by atoms with Crippen LogP contribution < -0.4 is 9.47 Å². The fourth-order valence-corrected chi connectivity index (χ4v) is 5.81. The van der Waals surface area contributed by atoms with Crippen LogP contribution in [-0.2, 0) is 24.6 Å². The van der Waals surface area contributed by atoms with Crippen LogP contribution in [0.2, 0.25) is 5.02 Å². The van der Waals surface area contributed by atoms with E-state index < -0.39 is 12.0 Å². The van der Waals surface area contributed by atoms with Gasteiger partial charge < -0.3 is 14.6 Å². The molecule has 1 unspecified atom stereocenters. The number of aryl methyl sites for hydroxylation is 1. The third-order valence-electron chi connectivity index (χ3n) is 7.97. The van der Waals surface area contributed by atoms with E-state index in [0.717, 1.165) is 40.7 Å². The summed E-state index contributed by atoms with van der Waals surface area (Å²) in [7, 11) is 0. The van der Waals surface area contributed by atoms with Gasteiger partial charge in [0.2, 0.25) is 0 Å². The average Bonchev–Trinajstić information content (AvgIpc) is 3.01. The molecule has 1 aliphatic heterocycles. The fourth-order valence-electron chi connectivity index (χ4n) is 5.57. The zero-order valence-corrected chi connectivity index (χ0v) is 25.1. The fraction of sp³-hybridized carbons (Fsp3) is 0.286. The Bertz CT molecular complexity index is 1670. The van der Waals surface area contributed by atoms with E-state index in [4.69, 9.17) is 21.1 Å². The number of hydrogen-bond donors (Lipinski definition) is 1. The van der Waals surface area contributed by atoms with Gasteiger partial charge in [-0.2, -0.15) is 5.26 Å². The maximum atomic E-state index is 12.0. The van der Waals surface area contributed by atoms with Gasteiger partial charge in [0.05, 0.1) is 10.6 Å². The Labute approximate surface area is 257 Å². The highest BCUT2D eigenvalue weighted by atomic mass is 35.5. The third-order valence-corrected chi connectivity index (χ3v) is 8.27. The molecule has 220 valence electrons. The van der Waals surface area contributed by atoms with Crippen LogP contribution in [0.5, 0.6) is 11.5 Å². The molecule has 0 amide bonds. The van der Waals surface area contributed by atoms with Gasteiger partial charge in [-0.05, 0) is 73.2 Å². The molecule has 43 heavy (non-hydrogen) atoms. The molecule has 1 saturated heterocycles. The SMILES string of the molecule is Cc1ccccc1-c1cccc(COc2cc(OCc3cncc(C#N)c3)c(CN3CCCCC3C(=O)O)cc2Cl)c1C. The molecule has 1 N–H and O–H groups in total. The summed E-state index contributed by atoms with van der Waals surface area (Å²) in [5.41, 5.74) is 7.69. The highest BCUT2D eigenvalue weighted by Gasteiger charge is 2.29. The lowest BCUT2D eigenvalue weighted by Gasteiger charge is -2.33. The van der Waals surface area contributed by atoms with Crippen molar-refractivity contribution in [3.63, 3.8) is 0 Å². The van der Waals surface area contributed by atoms with Crippen LogP contribution >= 0.6 is 11.6 Å². The first-order valence-corrected chi connectivity index (χ1v) is 14.7. The Morgan fingerprint density at radius 1 is 1.00 bits per heavy atom. The molecular weight excluding hydrogens is 562 g/mol. The average molecular weight is 596 g/mol.